The van der Waals surface area contributed by atoms with Gasteiger partial charge in [-0.1, -0.05) is 19.3 Å². The molecule has 1 saturated carbocycles. The summed E-state index contributed by atoms with van der Waals surface area (Å²) in [5.41, 5.74) is 5.70. The molecule has 1 fully saturated rings. The lowest BCUT2D eigenvalue weighted by Crippen LogP contribution is -2.40. The van der Waals surface area contributed by atoms with Crippen LogP contribution in [0.5, 0.6) is 0 Å². The number of benzene rings is 1. The standard InChI is InChI=1S/C21H21N3O5/c1-12(23)17(10-22)18(25)11-29-21(28)13-7-8-15-16(9-13)20(27)24(19(15)26)14-5-3-2-4-6-14/h7-9,14H,2-6,11,23H2,1H3. The van der Waals surface area contributed by atoms with Crippen molar-refractivity contribution in [2.24, 2.45) is 5.73 Å². The number of nitriles is 1. The summed E-state index contributed by atoms with van der Waals surface area (Å²) in [4.78, 5) is 51.0. The smallest absolute Gasteiger partial charge is 0.338 e. The van der Waals surface area contributed by atoms with E-state index in [4.69, 9.17) is 15.7 Å². The molecule has 0 saturated heterocycles. The van der Waals surface area contributed by atoms with Crippen molar-refractivity contribution in [1.82, 2.24) is 4.90 Å². The van der Waals surface area contributed by atoms with Gasteiger partial charge < -0.3 is 10.5 Å². The van der Waals surface area contributed by atoms with Gasteiger partial charge in [-0.2, -0.15) is 5.26 Å². The summed E-state index contributed by atoms with van der Waals surface area (Å²) in [6, 6.07) is 5.70. The molecule has 1 aliphatic heterocycles. The van der Waals surface area contributed by atoms with Crippen molar-refractivity contribution in [3.05, 3.63) is 46.2 Å². The van der Waals surface area contributed by atoms with Gasteiger partial charge in [-0.15, -0.1) is 0 Å². The fourth-order valence-electron chi connectivity index (χ4n) is 3.71. The zero-order valence-corrected chi connectivity index (χ0v) is 16.1. The fourth-order valence-corrected chi connectivity index (χ4v) is 3.71. The minimum absolute atomic E-state index is 0.0398. The highest BCUT2D eigenvalue weighted by Gasteiger charge is 2.40. The summed E-state index contributed by atoms with van der Waals surface area (Å²) >= 11 is 0. The lowest BCUT2D eigenvalue weighted by molar-refractivity contribution is -0.118. The minimum atomic E-state index is -0.829. The molecule has 8 nitrogen and oxygen atoms in total. The van der Waals surface area contributed by atoms with Crippen LogP contribution in [-0.4, -0.2) is 41.1 Å². The first kappa shape index (κ1) is 20.3. The van der Waals surface area contributed by atoms with E-state index >= 15 is 0 Å². The van der Waals surface area contributed by atoms with Crippen LogP contribution in [0, 0.1) is 11.3 Å². The normalized spacial score (nSPS) is 17.4. The number of ketones is 1. The SMILES string of the molecule is CC(N)=C(C#N)C(=O)COC(=O)c1ccc2c(c1)C(=O)N(C1CCCCC1)C2=O. The van der Waals surface area contributed by atoms with Crippen LogP contribution in [0.15, 0.2) is 29.5 Å². The highest BCUT2D eigenvalue weighted by Crippen LogP contribution is 2.31. The highest BCUT2D eigenvalue weighted by molar-refractivity contribution is 6.22. The van der Waals surface area contributed by atoms with E-state index in [1.54, 1.807) is 6.07 Å². The van der Waals surface area contributed by atoms with Crippen molar-refractivity contribution in [2.45, 2.75) is 45.1 Å². The number of rotatable bonds is 5. The molecule has 0 spiro atoms. The number of hydrogen-bond donors (Lipinski definition) is 1. The number of allylic oxidation sites excluding steroid dienone is 1. The van der Waals surface area contributed by atoms with Crippen molar-refractivity contribution < 1.29 is 23.9 Å². The second-order valence-corrected chi connectivity index (χ2v) is 7.20. The Bertz CT molecular complexity index is 963. The minimum Gasteiger partial charge on any atom is -0.454 e. The van der Waals surface area contributed by atoms with Gasteiger partial charge in [0.1, 0.15) is 11.6 Å². The molecule has 0 atom stereocenters. The Morgan fingerprint density at radius 3 is 2.45 bits per heavy atom. The molecule has 1 aliphatic carbocycles. The number of nitrogens with zero attached hydrogens (tertiary/aromatic N) is 2. The first-order valence-electron chi connectivity index (χ1n) is 9.44. The number of esters is 1. The van der Waals surface area contributed by atoms with Gasteiger partial charge in [0.15, 0.2) is 6.61 Å². The number of carbonyl (C=O) groups excluding carboxylic acids is 4. The van der Waals surface area contributed by atoms with Crippen molar-refractivity contribution in [3.8, 4) is 6.07 Å². The Morgan fingerprint density at radius 1 is 1.17 bits per heavy atom. The molecule has 0 radical (unpaired) electrons. The van der Waals surface area contributed by atoms with Crippen LogP contribution in [-0.2, 0) is 9.53 Å². The fraction of sp³-hybridized carbons (Fsp3) is 0.381. The van der Waals surface area contributed by atoms with E-state index in [0.29, 0.717) is 0 Å². The number of carbonyl (C=O) groups is 4. The highest BCUT2D eigenvalue weighted by atomic mass is 16.5. The molecule has 8 heteroatoms. The topological polar surface area (TPSA) is 131 Å². The monoisotopic (exact) mass is 395 g/mol. The van der Waals surface area contributed by atoms with Gasteiger partial charge in [0.05, 0.1) is 16.7 Å². The van der Waals surface area contributed by atoms with Crippen LogP contribution >= 0.6 is 0 Å². The number of imide groups is 1. The molecule has 2 aliphatic rings. The van der Waals surface area contributed by atoms with Crippen LogP contribution < -0.4 is 5.73 Å². The van der Waals surface area contributed by atoms with Gasteiger partial charge >= 0.3 is 5.97 Å². The third kappa shape index (κ3) is 3.90. The number of ether oxygens (including phenoxy) is 1. The maximum absolute atomic E-state index is 12.8. The quantitative estimate of drug-likeness (QED) is 0.349. The first-order chi connectivity index (χ1) is 13.8. The average molecular weight is 395 g/mol. The second kappa shape index (κ2) is 8.27. The van der Waals surface area contributed by atoms with Crippen LogP contribution in [0.2, 0.25) is 0 Å². The van der Waals surface area contributed by atoms with Crippen LogP contribution in [0.3, 0.4) is 0 Å². The number of hydrogen-bond acceptors (Lipinski definition) is 7. The van der Waals surface area contributed by atoms with Gasteiger partial charge in [-0.25, -0.2) is 4.79 Å². The molecule has 0 aromatic heterocycles. The van der Waals surface area contributed by atoms with Crippen molar-refractivity contribution in [3.63, 3.8) is 0 Å². The molecule has 2 N–H and O–H groups in total. The van der Waals surface area contributed by atoms with E-state index in [-0.39, 0.29) is 39.9 Å². The Morgan fingerprint density at radius 2 is 1.83 bits per heavy atom. The van der Waals surface area contributed by atoms with Gasteiger partial charge in [0.25, 0.3) is 11.8 Å². The Labute approximate surface area is 167 Å². The number of fused-ring (bicyclic) bond motifs is 1. The Kier molecular flexibility index (Phi) is 5.78. The summed E-state index contributed by atoms with van der Waals surface area (Å²) in [6.07, 6.45) is 4.63. The van der Waals surface area contributed by atoms with Crippen molar-refractivity contribution in [1.29, 1.82) is 5.26 Å². The second-order valence-electron chi connectivity index (χ2n) is 7.20. The lowest BCUT2D eigenvalue weighted by atomic mass is 9.94. The summed E-state index contributed by atoms with van der Waals surface area (Å²) in [5.74, 6) is -2.29. The van der Waals surface area contributed by atoms with Gasteiger partial charge in [-0.05, 0) is 38.0 Å². The van der Waals surface area contributed by atoms with Gasteiger partial charge in [0.2, 0.25) is 5.78 Å². The van der Waals surface area contributed by atoms with Crippen molar-refractivity contribution in [2.75, 3.05) is 6.61 Å². The zero-order chi connectivity index (χ0) is 21.1. The largest absolute Gasteiger partial charge is 0.454 e. The summed E-state index contributed by atoms with van der Waals surface area (Å²) in [7, 11) is 0. The molecule has 1 heterocycles. The predicted octanol–water partition coefficient (Wildman–Crippen LogP) is 2.10. The third-order valence-corrected chi connectivity index (χ3v) is 5.21. The Balaban J connectivity index is 1.74. The van der Waals surface area contributed by atoms with E-state index in [9.17, 15) is 19.2 Å². The van der Waals surface area contributed by atoms with Crippen molar-refractivity contribution >= 4 is 23.6 Å². The maximum atomic E-state index is 12.8. The molecule has 1 aromatic rings. The molecule has 2 amide bonds. The van der Waals surface area contributed by atoms with Crippen LogP contribution in [0.4, 0.5) is 0 Å². The molecule has 0 bridgehead atoms. The molecule has 29 heavy (non-hydrogen) atoms. The van der Waals surface area contributed by atoms with Crippen LogP contribution in [0.1, 0.15) is 70.1 Å². The third-order valence-electron chi connectivity index (χ3n) is 5.21. The van der Waals surface area contributed by atoms with E-state index in [2.05, 4.69) is 0 Å². The summed E-state index contributed by atoms with van der Waals surface area (Å²) in [6.45, 7) is 0.758. The van der Waals surface area contributed by atoms with E-state index in [1.165, 1.54) is 30.0 Å². The maximum Gasteiger partial charge on any atom is 0.338 e. The average Bonchev–Trinajstić information content (AvgIpc) is 2.97. The van der Waals surface area contributed by atoms with E-state index in [0.717, 1.165) is 32.1 Å². The van der Waals surface area contributed by atoms with E-state index < -0.39 is 24.3 Å². The summed E-state index contributed by atoms with van der Waals surface area (Å²) < 4.78 is 4.95. The molecule has 3 rings (SSSR count). The molecule has 0 unspecified atom stereocenters. The number of amides is 2. The lowest BCUT2D eigenvalue weighted by Gasteiger charge is -2.29. The number of nitrogens with two attached hydrogens (primary N) is 1. The van der Waals surface area contributed by atoms with Gasteiger partial charge in [-0.3, -0.25) is 19.3 Å². The predicted molar refractivity (Wildman–Crippen MR) is 102 cm³/mol. The van der Waals surface area contributed by atoms with E-state index in [1.807, 2.05) is 0 Å². The molecular formula is C21H21N3O5. The van der Waals surface area contributed by atoms with Gasteiger partial charge in [0, 0.05) is 11.7 Å². The Hall–Kier alpha value is -3.47. The number of Topliss-reactive ketones (excluding diaryl/α,β-unsaturated/α-hetero) is 1. The first-order valence-corrected chi connectivity index (χ1v) is 9.44. The zero-order valence-electron chi connectivity index (χ0n) is 16.1. The molecule has 150 valence electrons. The van der Waals surface area contributed by atoms with Crippen LogP contribution in [0.25, 0.3) is 0 Å². The summed E-state index contributed by atoms with van der Waals surface area (Å²) in [5, 5.41) is 8.92. The molecule has 1 aromatic carbocycles. The molecular weight excluding hydrogens is 374 g/mol.